The summed E-state index contributed by atoms with van der Waals surface area (Å²) in [4.78, 5) is 2.60. The first-order valence-electron chi connectivity index (χ1n) is 5.77. The molecule has 1 aliphatic carbocycles. The highest BCUT2D eigenvalue weighted by Gasteiger charge is 2.39. The van der Waals surface area contributed by atoms with E-state index < -0.39 is 0 Å². The van der Waals surface area contributed by atoms with Gasteiger partial charge in [-0.2, -0.15) is 0 Å². The summed E-state index contributed by atoms with van der Waals surface area (Å²) in [5.41, 5.74) is 3.11. The molecule has 1 nitrogen and oxygen atoms in total. The van der Waals surface area contributed by atoms with Gasteiger partial charge in [0.2, 0.25) is 0 Å². The molecule has 0 spiro atoms. The Bertz CT molecular complexity index is 330. The Balaban J connectivity index is 2.09. The lowest BCUT2D eigenvalue weighted by molar-refractivity contribution is 0.601. The molecule has 2 atom stereocenters. The molecule has 0 N–H and O–H groups in total. The summed E-state index contributed by atoms with van der Waals surface area (Å²) in [6.45, 7) is 3.44. The topological polar surface area (TPSA) is 3.24 Å². The molecule has 1 aromatic carbocycles. The van der Waals surface area contributed by atoms with E-state index in [4.69, 9.17) is 0 Å². The van der Waals surface area contributed by atoms with Gasteiger partial charge in [0.15, 0.2) is 0 Å². The second kappa shape index (κ2) is 3.01. The fraction of sp³-hybridized carbons (Fsp3) is 0.538. The Morgan fingerprint density at radius 2 is 2.14 bits per heavy atom. The molecule has 0 amide bonds. The molecular weight excluding hydrogens is 170 g/mol. The SMILES string of the molecule is CCN1c2ccccc2[C@H]2CCC[C@H]21. The smallest absolute Gasteiger partial charge is 0.0405 e. The number of hydrogen-bond acceptors (Lipinski definition) is 1. The first-order valence-corrected chi connectivity index (χ1v) is 5.77. The van der Waals surface area contributed by atoms with Crippen LogP contribution in [-0.4, -0.2) is 12.6 Å². The zero-order chi connectivity index (χ0) is 9.54. The first-order chi connectivity index (χ1) is 6.92. The summed E-state index contributed by atoms with van der Waals surface area (Å²) in [6, 6.07) is 9.79. The van der Waals surface area contributed by atoms with Crippen molar-refractivity contribution in [3.05, 3.63) is 29.8 Å². The number of fused-ring (bicyclic) bond motifs is 3. The van der Waals surface area contributed by atoms with Crippen LogP contribution in [0.1, 0.15) is 37.7 Å². The number of anilines is 1. The van der Waals surface area contributed by atoms with Crippen LogP contribution in [0.4, 0.5) is 5.69 Å². The molecule has 1 heterocycles. The van der Waals surface area contributed by atoms with Gasteiger partial charge in [-0.3, -0.25) is 0 Å². The largest absolute Gasteiger partial charge is 0.368 e. The summed E-state index contributed by atoms with van der Waals surface area (Å²) >= 11 is 0. The summed E-state index contributed by atoms with van der Waals surface area (Å²) in [6.07, 6.45) is 4.21. The number of nitrogens with zero attached hydrogens (tertiary/aromatic N) is 1. The van der Waals surface area contributed by atoms with E-state index in [1.807, 2.05) is 0 Å². The number of hydrogen-bond donors (Lipinski definition) is 0. The molecular formula is C13H17N. The van der Waals surface area contributed by atoms with Crippen molar-refractivity contribution in [1.29, 1.82) is 0 Å². The molecule has 1 fully saturated rings. The van der Waals surface area contributed by atoms with Crippen LogP contribution in [-0.2, 0) is 0 Å². The fourth-order valence-corrected chi connectivity index (χ4v) is 3.32. The van der Waals surface area contributed by atoms with Crippen molar-refractivity contribution in [1.82, 2.24) is 0 Å². The van der Waals surface area contributed by atoms with Crippen LogP contribution in [0.5, 0.6) is 0 Å². The molecule has 3 rings (SSSR count). The van der Waals surface area contributed by atoms with Crippen molar-refractivity contribution in [2.45, 2.75) is 38.1 Å². The van der Waals surface area contributed by atoms with Crippen LogP contribution < -0.4 is 4.90 Å². The predicted octanol–water partition coefficient (Wildman–Crippen LogP) is 3.16. The van der Waals surface area contributed by atoms with Crippen molar-refractivity contribution in [2.24, 2.45) is 0 Å². The van der Waals surface area contributed by atoms with E-state index >= 15 is 0 Å². The standard InChI is InChI=1S/C13H17N/c1-2-14-12-8-4-3-6-10(12)11-7-5-9-13(11)14/h3-4,6,8,11,13H,2,5,7,9H2,1H3/t11-,13-/m1/s1. The van der Waals surface area contributed by atoms with Crippen molar-refractivity contribution in [2.75, 3.05) is 11.4 Å². The Hall–Kier alpha value is -0.980. The quantitative estimate of drug-likeness (QED) is 0.652. The Morgan fingerprint density at radius 1 is 1.29 bits per heavy atom. The molecule has 0 aromatic heterocycles. The maximum Gasteiger partial charge on any atom is 0.0405 e. The van der Waals surface area contributed by atoms with Gasteiger partial charge in [0.05, 0.1) is 0 Å². The minimum Gasteiger partial charge on any atom is -0.368 e. The van der Waals surface area contributed by atoms with E-state index in [-0.39, 0.29) is 0 Å². The summed E-state index contributed by atoms with van der Waals surface area (Å²) in [5, 5.41) is 0. The molecule has 0 radical (unpaired) electrons. The fourth-order valence-electron chi connectivity index (χ4n) is 3.32. The average Bonchev–Trinajstić information content (AvgIpc) is 2.77. The normalized spacial score (nSPS) is 29.1. The third kappa shape index (κ3) is 0.956. The maximum atomic E-state index is 2.60. The van der Waals surface area contributed by atoms with Gasteiger partial charge >= 0.3 is 0 Å². The average molecular weight is 187 g/mol. The predicted molar refractivity (Wildman–Crippen MR) is 59.8 cm³/mol. The lowest BCUT2D eigenvalue weighted by Crippen LogP contribution is -2.30. The van der Waals surface area contributed by atoms with Gasteiger partial charge in [-0.05, 0) is 31.4 Å². The lowest BCUT2D eigenvalue weighted by atomic mass is 9.98. The van der Waals surface area contributed by atoms with Crippen LogP contribution in [0.15, 0.2) is 24.3 Å². The van der Waals surface area contributed by atoms with E-state index in [1.165, 1.54) is 24.9 Å². The number of benzene rings is 1. The first kappa shape index (κ1) is 8.34. The van der Waals surface area contributed by atoms with Gasteiger partial charge in [-0.25, -0.2) is 0 Å². The number of likely N-dealkylation sites (N-methyl/N-ethyl adjacent to an activating group) is 1. The summed E-state index contributed by atoms with van der Waals surface area (Å²) < 4.78 is 0. The molecule has 0 unspecified atom stereocenters. The molecule has 2 aliphatic rings. The minimum absolute atomic E-state index is 0.817. The molecule has 14 heavy (non-hydrogen) atoms. The molecule has 0 bridgehead atoms. The summed E-state index contributed by atoms with van der Waals surface area (Å²) in [7, 11) is 0. The van der Waals surface area contributed by atoms with E-state index in [9.17, 15) is 0 Å². The molecule has 1 aromatic rings. The molecule has 1 heteroatoms. The molecule has 1 saturated carbocycles. The van der Waals surface area contributed by atoms with Gasteiger partial charge in [0, 0.05) is 24.2 Å². The van der Waals surface area contributed by atoms with E-state index in [1.54, 1.807) is 5.56 Å². The Morgan fingerprint density at radius 3 is 3.00 bits per heavy atom. The zero-order valence-electron chi connectivity index (χ0n) is 8.74. The third-order valence-electron chi connectivity index (χ3n) is 3.87. The number of para-hydroxylation sites is 1. The van der Waals surface area contributed by atoms with Crippen LogP contribution >= 0.6 is 0 Å². The second-order valence-electron chi connectivity index (χ2n) is 4.45. The van der Waals surface area contributed by atoms with Gasteiger partial charge in [-0.1, -0.05) is 24.6 Å². The van der Waals surface area contributed by atoms with Crippen LogP contribution in [0.25, 0.3) is 0 Å². The van der Waals surface area contributed by atoms with Crippen LogP contribution in [0.3, 0.4) is 0 Å². The minimum atomic E-state index is 0.817. The monoisotopic (exact) mass is 187 g/mol. The summed E-state index contributed by atoms with van der Waals surface area (Å²) in [5.74, 6) is 0.839. The van der Waals surface area contributed by atoms with Gasteiger partial charge in [-0.15, -0.1) is 0 Å². The van der Waals surface area contributed by atoms with Crippen molar-refractivity contribution >= 4 is 5.69 Å². The van der Waals surface area contributed by atoms with E-state index in [0.29, 0.717) is 0 Å². The molecule has 1 aliphatic heterocycles. The second-order valence-corrected chi connectivity index (χ2v) is 4.45. The van der Waals surface area contributed by atoms with Crippen molar-refractivity contribution in [3.8, 4) is 0 Å². The van der Waals surface area contributed by atoms with Gasteiger partial charge in [0.1, 0.15) is 0 Å². The third-order valence-corrected chi connectivity index (χ3v) is 3.87. The lowest BCUT2D eigenvalue weighted by Gasteiger charge is -2.25. The van der Waals surface area contributed by atoms with E-state index in [0.717, 1.165) is 18.5 Å². The Kier molecular flexibility index (Phi) is 1.79. The van der Waals surface area contributed by atoms with Crippen LogP contribution in [0, 0.1) is 0 Å². The van der Waals surface area contributed by atoms with Crippen molar-refractivity contribution < 1.29 is 0 Å². The molecule has 74 valence electrons. The van der Waals surface area contributed by atoms with E-state index in [2.05, 4.69) is 36.1 Å². The highest BCUT2D eigenvalue weighted by molar-refractivity contribution is 5.62. The number of rotatable bonds is 1. The van der Waals surface area contributed by atoms with Gasteiger partial charge < -0.3 is 4.90 Å². The van der Waals surface area contributed by atoms with Crippen molar-refractivity contribution in [3.63, 3.8) is 0 Å². The van der Waals surface area contributed by atoms with Gasteiger partial charge in [0.25, 0.3) is 0 Å². The Labute approximate surface area is 85.7 Å². The maximum absolute atomic E-state index is 2.60. The highest BCUT2D eigenvalue weighted by Crippen LogP contribution is 2.48. The molecule has 0 saturated heterocycles. The zero-order valence-corrected chi connectivity index (χ0v) is 8.74. The van der Waals surface area contributed by atoms with Crippen LogP contribution in [0.2, 0.25) is 0 Å². The highest BCUT2D eigenvalue weighted by atomic mass is 15.2.